The highest BCUT2D eigenvalue weighted by molar-refractivity contribution is 5.99. The number of nitrogens with one attached hydrogen (secondary N) is 1. The summed E-state index contributed by atoms with van der Waals surface area (Å²) in [4.78, 5) is 63.2. The second-order valence-electron chi connectivity index (χ2n) is 10.8. The molecule has 2 aliphatic rings. The first-order chi connectivity index (χ1) is 20.3. The summed E-state index contributed by atoms with van der Waals surface area (Å²) in [6.07, 6.45) is 2.37. The van der Waals surface area contributed by atoms with Crippen LogP contribution in [0, 0.1) is 0 Å². The first kappa shape index (κ1) is 32.9. The van der Waals surface area contributed by atoms with E-state index >= 15 is 0 Å². The average Bonchev–Trinajstić information content (AvgIpc) is 3.44. The van der Waals surface area contributed by atoms with Gasteiger partial charge in [0.05, 0.1) is 12.2 Å². The average molecular weight is 603 g/mol. The van der Waals surface area contributed by atoms with Crippen LogP contribution in [0.5, 0.6) is 11.5 Å². The molecule has 1 atom stereocenters. The number of allylic oxidation sites excluding steroid dienone is 1. The first-order valence-corrected chi connectivity index (χ1v) is 13.8. The number of nitrogens with zero attached hydrogens (tertiary/aromatic N) is 1. The molecule has 43 heavy (non-hydrogen) atoms. The number of carbonyl (C=O) groups is 5. The van der Waals surface area contributed by atoms with Gasteiger partial charge in [0.15, 0.2) is 36.3 Å². The van der Waals surface area contributed by atoms with E-state index in [-0.39, 0.29) is 40.9 Å². The molecule has 1 aromatic carbocycles. The van der Waals surface area contributed by atoms with Crippen LogP contribution in [0.25, 0.3) is 0 Å². The van der Waals surface area contributed by atoms with Gasteiger partial charge in [-0.05, 0) is 64.8 Å². The van der Waals surface area contributed by atoms with Gasteiger partial charge in [0.25, 0.3) is 0 Å². The standard InChI is InChI=1S/C29H38N4O10/c1-5-10-32-14-25(36)39-16-21(35)18(30)13-24-26(31)42-23-12-17(8-9-22(23)41-24)20(34)15-40-27(37)19-7-6-11-33(19)28(38)43-29(2,3)4/h8-9,12-13,19,32H,5-7,10-11,14-16,30-31H2,1-4H3/b18-13-. The minimum absolute atomic E-state index is 0.0310. The minimum Gasteiger partial charge on any atom is -0.456 e. The van der Waals surface area contributed by atoms with Gasteiger partial charge in [0, 0.05) is 18.2 Å². The normalized spacial score (nSPS) is 16.5. The molecule has 14 heteroatoms. The highest BCUT2D eigenvalue weighted by Gasteiger charge is 2.38. The van der Waals surface area contributed by atoms with Crippen molar-refractivity contribution in [2.24, 2.45) is 11.5 Å². The van der Waals surface area contributed by atoms with Gasteiger partial charge in [-0.1, -0.05) is 6.92 Å². The third kappa shape index (κ3) is 9.46. The maximum Gasteiger partial charge on any atom is 0.411 e. The van der Waals surface area contributed by atoms with Crippen molar-refractivity contribution in [1.29, 1.82) is 0 Å². The Morgan fingerprint density at radius 1 is 1.09 bits per heavy atom. The van der Waals surface area contributed by atoms with Crippen LogP contribution in [-0.4, -0.2) is 79.0 Å². The van der Waals surface area contributed by atoms with Gasteiger partial charge < -0.3 is 40.5 Å². The topological polar surface area (TPSA) is 199 Å². The minimum atomic E-state index is -0.839. The number of fused-ring (bicyclic) bond motifs is 1. The van der Waals surface area contributed by atoms with Crippen LogP contribution in [0.2, 0.25) is 0 Å². The summed E-state index contributed by atoms with van der Waals surface area (Å²) in [5.74, 6) is -2.49. The lowest BCUT2D eigenvalue weighted by molar-refractivity contribution is -0.147. The molecule has 14 nitrogen and oxygen atoms in total. The zero-order chi connectivity index (χ0) is 31.7. The number of ketones is 2. The van der Waals surface area contributed by atoms with Crippen LogP contribution in [0.1, 0.15) is 57.3 Å². The molecule has 0 spiro atoms. The number of rotatable bonds is 12. The lowest BCUT2D eigenvalue weighted by Crippen LogP contribution is -2.44. The van der Waals surface area contributed by atoms with Crippen LogP contribution in [-0.2, 0) is 28.6 Å². The lowest BCUT2D eigenvalue weighted by atomic mass is 10.1. The maximum atomic E-state index is 12.8. The fraction of sp³-hybridized carbons (Fsp3) is 0.483. The third-order valence-corrected chi connectivity index (χ3v) is 6.12. The van der Waals surface area contributed by atoms with Crippen molar-refractivity contribution in [2.45, 2.75) is 58.6 Å². The van der Waals surface area contributed by atoms with E-state index in [1.54, 1.807) is 20.8 Å². The third-order valence-electron chi connectivity index (χ3n) is 6.12. The number of nitrogens with two attached hydrogens (primary N) is 2. The Labute approximate surface area is 249 Å². The van der Waals surface area contributed by atoms with Crippen molar-refractivity contribution in [1.82, 2.24) is 10.2 Å². The molecular weight excluding hydrogens is 564 g/mol. The molecule has 0 radical (unpaired) electrons. The number of carbonyl (C=O) groups excluding carboxylic acids is 5. The second kappa shape index (κ2) is 14.5. The highest BCUT2D eigenvalue weighted by Crippen LogP contribution is 2.35. The number of likely N-dealkylation sites (tertiary alicyclic amines) is 1. The van der Waals surface area contributed by atoms with Crippen LogP contribution in [0.4, 0.5) is 4.79 Å². The predicted octanol–water partition coefficient (Wildman–Crippen LogP) is 1.67. The van der Waals surface area contributed by atoms with Gasteiger partial charge in [0.1, 0.15) is 11.6 Å². The molecule has 0 saturated carbocycles. The second-order valence-corrected chi connectivity index (χ2v) is 10.8. The van der Waals surface area contributed by atoms with E-state index in [1.165, 1.54) is 23.1 Å². The van der Waals surface area contributed by atoms with E-state index in [9.17, 15) is 24.0 Å². The van der Waals surface area contributed by atoms with Crippen LogP contribution in [0.15, 0.2) is 41.6 Å². The van der Waals surface area contributed by atoms with Crippen molar-refractivity contribution in [3.63, 3.8) is 0 Å². The van der Waals surface area contributed by atoms with E-state index in [1.807, 2.05) is 6.92 Å². The van der Waals surface area contributed by atoms with Crippen LogP contribution in [0.3, 0.4) is 0 Å². The molecular formula is C29H38N4O10. The van der Waals surface area contributed by atoms with Gasteiger partial charge in [-0.2, -0.15) is 0 Å². The van der Waals surface area contributed by atoms with Gasteiger partial charge >= 0.3 is 18.0 Å². The lowest BCUT2D eigenvalue weighted by Gasteiger charge is -2.27. The van der Waals surface area contributed by atoms with Gasteiger partial charge in [-0.15, -0.1) is 0 Å². The molecule has 1 fully saturated rings. The fourth-order valence-electron chi connectivity index (χ4n) is 4.02. The molecule has 1 amide bonds. The Hall–Kier alpha value is -4.59. The summed E-state index contributed by atoms with van der Waals surface area (Å²) < 4.78 is 26.7. The number of ether oxygens (including phenoxy) is 5. The Morgan fingerprint density at radius 2 is 1.84 bits per heavy atom. The Balaban J connectivity index is 1.56. The Morgan fingerprint density at radius 3 is 2.53 bits per heavy atom. The largest absolute Gasteiger partial charge is 0.456 e. The fourth-order valence-corrected chi connectivity index (χ4v) is 4.02. The van der Waals surface area contributed by atoms with Crippen molar-refractivity contribution < 1.29 is 47.7 Å². The monoisotopic (exact) mass is 602 g/mol. The summed E-state index contributed by atoms with van der Waals surface area (Å²) in [5, 5.41) is 2.86. The van der Waals surface area contributed by atoms with Gasteiger partial charge in [0.2, 0.25) is 11.7 Å². The highest BCUT2D eigenvalue weighted by atomic mass is 16.6. The molecule has 1 aromatic rings. The molecule has 2 heterocycles. The molecule has 5 N–H and O–H groups in total. The molecule has 3 rings (SSSR count). The number of Topliss-reactive ketones (excluding diaryl/α,β-unsaturated/α-hetero) is 2. The molecule has 1 unspecified atom stereocenters. The Bertz CT molecular complexity index is 1310. The van der Waals surface area contributed by atoms with E-state index in [4.69, 9.17) is 35.2 Å². The first-order valence-electron chi connectivity index (χ1n) is 13.8. The summed E-state index contributed by atoms with van der Waals surface area (Å²) >= 11 is 0. The molecule has 234 valence electrons. The number of hydrogen-bond acceptors (Lipinski definition) is 13. The van der Waals surface area contributed by atoms with Crippen LogP contribution < -0.4 is 26.3 Å². The maximum absolute atomic E-state index is 12.8. The molecule has 0 aromatic heterocycles. The molecule has 0 aliphatic carbocycles. The predicted molar refractivity (Wildman–Crippen MR) is 152 cm³/mol. The van der Waals surface area contributed by atoms with E-state index in [0.29, 0.717) is 25.9 Å². The van der Waals surface area contributed by atoms with E-state index in [0.717, 1.165) is 12.5 Å². The zero-order valence-corrected chi connectivity index (χ0v) is 24.7. The summed E-state index contributed by atoms with van der Waals surface area (Å²) in [6, 6.07) is 3.40. The SMILES string of the molecule is CCCNCC(=O)OCC(=O)/C(N)=C/C1=C(N)Oc2cc(C(=O)COC(=O)C3CCCN3C(=O)OC(C)(C)C)ccc2O1. The van der Waals surface area contributed by atoms with Gasteiger partial charge in [-0.3, -0.25) is 19.3 Å². The number of benzene rings is 1. The van der Waals surface area contributed by atoms with Crippen molar-refractivity contribution in [3.8, 4) is 11.5 Å². The zero-order valence-electron chi connectivity index (χ0n) is 24.7. The summed E-state index contributed by atoms with van der Waals surface area (Å²) in [6.45, 7) is 6.97. The quantitative estimate of drug-likeness (QED) is 0.103. The van der Waals surface area contributed by atoms with Crippen molar-refractivity contribution >= 4 is 29.6 Å². The molecule has 0 bridgehead atoms. The molecule has 2 aliphatic heterocycles. The smallest absolute Gasteiger partial charge is 0.411 e. The van der Waals surface area contributed by atoms with Gasteiger partial charge in [-0.25, -0.2) is 9.59 Å². The summed E-state index contributed by atoms with van der Waals surface area (Å²) in [7, 11) is 0. The molecule has 1 saturated heterocycles. The van der Waals surface area contributed by atoms with Crippen LogP contribution >= 0.6 is 0 Å². The Kier molecular flexibility index (Phi) is 11.1. The number of amides is 1. The van der Waals surface area contributed by atoms with E-state index in [2.05, 4.69) is 5.32 Å². The van der Waals surface area contributed by atoms with Crippen molar-refractivity contribution in [2.75, 3.05) is 32.8 Å². The van der Waals surface area contributed by atoms with Crippen molar-refractivity contribution in [3.05, 3.63) is 47.2 Å². The summed E-state index contributed by atoms with van der Waals surface area (Å²) in [5.41, 5.74) is 10.9. The van der Waals surface area contributed by atoms with E-state index < -0.39 is 54.5 Å². The number of esters is 2. The number of hydrogen-bond donors (Lipinski definition) is 3.